The van der Waals surface area contributed by atoms with Crippen molar-refractivity contribution in [3.63, 3.8) is 0 Å². The van der Waals surface area contributed by atoms with Gasteiger partial charge in [-0.25, -0.2) is 9.59 Å². The second-order valence-corrected chi connectivity index (χ2v) is 14.1. The van der Waals surface area contributed by atoms with E-state index in [2.05, 4.69) is 0 Å². The Morgan fingerprint density at radius 1 is 0.711 bits per heavy atom. The predicted octanol–water partition coefficient (Wildman–Crippen LogP) is 4.68. The Morgan fingerprint density at radius 3 is 1.60 bits per heavy atom. The van der Waals surface area contributed by atoms with Crippen LogP contribution in [-0.2, 0) is 23.8 Å². The van der Waals surface area contributed by atoms with Gasteiger partial charge in [0.15, 0.2) is 6.04 Å². The van der Waals surface area contributed by atoms with Gasteiger partial charge in [0.25, 0.3) is 5.78 Å². The number of carbonyl (C=O) groups excluding carboxylic acids is 3. The van der Waals surface area contributed by atoms with Crippen molar-refractivity contribution in [1.29, 1.82) is 0 Å². The van der Waals surface area contributed by atoms with Crippen LogP contribution in [-0.4, -0.2) is 41.1 Å². The van der Waals surface area contributed by atoms with Gasteiger partial charge in [0.05, 0.1) is 24.4 Å². The number of hydrogen-bond donors (Lipinski definition) is 0. The summed E-state index contributed by atoms with van der Waals surface area (Å²) >= 11 is 0. The number of ketones is 1. The van der Waals surface area contributed by atoms with E-state index >= 15 is 0 Å². The summed E-state index contributed by atoms with van der Waals surface area (Å²) in [6.07, 6.45) is 0.403. The third-order valence-electron chi connectivity index (χ3n) is 6.93. The Bertz CT molecular complexity index is 1530. The van der Waals surface area contributed by atoms with Gasteiger partial charge >= 0.3 is 11.9 Å². The summed E-state index contributed by atoms with van der Waals surface area (Å²) in [5.41, 5.74) is -0.124. The molecule has 8 nitrogen and oxygen atoms in total. The quantitative estimate of drug-likeness (QED) is 0.0697. The minimum Gasteiger partial charge on any atom is -0.608 e. The Morgan fingerprint density at radius 2 is 1.18 bits per heavy atom. The predicted molar refractivity (Wildman–Crippen MR) is 174 cm³/mol. The first-order valence-electron chi connectivity index (χ1n) is 14.9. The van der Waals surface area contributed by atoms with Gasteiger partial charge in [0.1, 0.15) is 28.5 Å². The molecule has 1 aromatic heterocycles. The van der Waals surface area contributed by atoms with E-state index in [0.717, 1.165) is 15.9 Å². The van der Waals surface area contributed by atoms with Crippen molar-refractivity contribution in [3.8, 4) is 0 Å². The van der Waals surface area contributed by atoms with E-state index in [1.54, 1.807) is 40.7 Å². The summed E-state index contributed by atoms with van der Waals surface area (Å²) in [6, 6.07) is 30.0. The zero-order chi connectivity index (χ0) is 32.6. The molecule has 4 aromatic rings. The van der Waals surface area contributed by atoms with Gasteiger partial charge in [-0.3, -0.25) is 4.79 Å². The first kappa shape index (κ1) is 33.2. The topological polar surface area (TPSA) is 107 Å². The van der Waals surface area contributed by atoms with Crippen molar-refractivity contribution in [3.05, 3.63) is 126 Å². The molecule has 0 amide bonds. The summed E-state index contributed by atoms with van der Waals surface area (Å²) < 4.78 is 18.1. The highest BCUT2D eigenvalue weighted by Gasteiger charge is 2.56. The van der Waals surface area contributed by atoms with Crippen LogP contribution in [0.4, 0.5) is 0 Å². The van der Waals surface area contributed by atoms with E-state index in [1.807, 2.05) is 91.0 Å². The van der Waals surface area contributed by atoms with Crippen LogP contribution < -0.4 is 21.0 Å². The summed E-state index contributed by atoms with van der Waals surface area (Å²) in [4.78, 5) is 40.5. The zero-order valence-electron chi connectivity index (χ0n) is 26.1. The number of Topliss-reactive ketones (excluding diaryl/α,β-unsaturated/α-hetero) is 1. The van der Waals surface area contributed by atoms with Crippen LogP contribution in [0.1, 0.15) is 51.1 Å². The monoisotopic (exact) mass is 627 g/mol. The first-order chi connectivity index (χ1) is 21.6. The molecule has 0 spiro atoms. The normalized spacial score (nSPS) is 12.8. The van der Waals surface area contributed by atoms with E-state index in [9.17, 15) is 19.5 Å². The molecule has 1 atom stereocenters. The molecule has 0 radical (unpaired) electrons. The molecule has 0 aliphatic rings. The van der Waals surface area contributed by atoms with Crippen LogP contribution >= 0.6 is 7.26 Å². The lowest BCUT2D eigenvalue weighted by atomic mass is 10.2. The Kier molecular flexibility index (Phi) is 11.0. The largest absolute Gasteiger partial charge is 0.608 e. The molecule has 0 aliphatic carbocycles. The van der Waals surface area contributed by atoms with E-state index < -0.39 is 49.2 Å². The Labute approximate surface area is 264 Å². The van der Waals surface area contributed by atoms with Crippen LogP contribution in [0.5, 0.6) is 0 Å². The summed E-state index contributed by atoms with van der Waals surface area (Å²) in [6.45, 7) is 8.46. The third kappa shape index (κ3) is 7.02. The molecule has 0 saturated heterocycles. The smallest absolute Gasteiger partial charge is 0.381 e. The molecule has 0 aliphatic heterocycles. The third-order valence-corrected chi connectivity index (χ3v) is 11.3. The minimum atomic E-state index is -3.26. The van der Waals surface area contributed by atoms with Crippen LogP contribution in [0, 0.1) is 0 Å². The molecular weight excluding hydrogens is 589 g/mol. The second-order valence-electron chi connectivity index (χ2n) is 10.8. The van der Waals surface area contributed by atoms with Crippen LogP contribution in [0.2, 0.25) is 0 Å². The molecule has 234 valence electrons. The fourth-order valence-electron chi connectivity index (χ4n) is 5.29. The molecule has 45 heavy (non-hydrogen) atoms. The van der Waals surface area contributed by atoms with E-state index in [-0.39, 0.29) is 17.6 Å². The van der Waals surface area contributed by atoms with Gasteiger partial charge in [0, 0.05) is 6.20 Å². The van der Waals surface area contributed by atoms with Crippen molar-refractivity contribution >= 4 is 40.9 Å². The van der Waals surface area contributed by atoms with Crippen molar-refractivity contribution < 1.29 is 33.7 Å². The lowest BCUT2D eigenvalue weighted by Gasteiger charge is -2.36. The van der Waals surface area contributed by atoms with Crippen molar-refractivity contribution in [1.82, 2.24) is 4.57 Å². The minimum absolute atomic E-state index is 0.00709. The fraction of sp³-hybridized carbons (Fsp3) is 0.250. The average Bonchev–Trinajstić information content (AvgIpc) is 3.51. The van der Waals surface area contributed by atoms with Crippen molar-refractivity contribution in [2.24, 2.45) is 0 Å². The molecule has 3 aromatic carbocycles. The molecule has 0 N–H and O–H groups in total. The number of hydrogen-bond acceptors (Lipinski definition) is 7. The lowest BCUT2D eigenvalue weighted by molar-refractivity contribution is -0.363. The maximum atomic E-state index is 14.7. The molecule has 1 unspecified atom stereocenters. The highest BCUT2D eigenvalue weighted by molar-refractivity contribution is 7.99. The van der Waals surface area contributed by atoms with E-state index in [1.165, 1.54) is 16.8 Å². The van der Waals surface area contributed by atoms with Crippen LogP contribution in [0.15, 0.2) is 121 Å². The average molecular weight is 628 g/mol. The maximum absolute atomic E-state index is 14.7. The van der Waals surface area contributed by atoms with Gasteiger partial charge in [-0.15, -0.1) is 0 Å². The van der Waals surface area contributed by atoms with Crippen LogP contribution in [0.25, 0.3) is 0 Å². The number of benzene rings is 3. The molecule has 1 heterocycles. The molecule has 0 fully saturated rings. The Hall–Kier alpha value is -4.68. The Balaban J connectivity index is 2.22. The number of aromatic nitrogens is 1. The van der Waals surface area contributed by atoms with E-state index in [0.29, 0.717) is 0 Å². The number of ether oxygens (including phenoxy) is 3. The summed E-state index contributed by atoms with van der Waals surface area (Å²) in [5.74, 6) is -3.52. The number of rotatable bonds is 13. The standard InChI is InChI=1S/C36H38NO7P/c1-6-42-35(40)32(38)30-23-16-24-37(30)31(34(39)43-25(2)3)33(36(41)44-26(4)5)45(27-17-10-7-11-18-27,28-19-12-8-13-20-28)29-21-14-9-15-22-29/h7-26,31H,6H2,1-5H3/b36-33-. The van der Waals surface area contributed by atoms with Gasteiger partial charge in [-0.1, -0.05) is 68.4 Å². The van der Waals surface area contributed by atoms with Crippen LogP contribution in [0.3, 0.4) is 0 Å². The van der Waals surface area contributed by atoms with Crippen molar-refractivity contribution in [2.45, 2.75) is 52.9 Å². The van der Waals surface area contributed by atoms with Gasteiger partial charge < -0.3 is 23.9 Å². The molecule has 0 bridgehead atoms. The summed E-state index contributed by atoms with van der Waals surface area (Å²) in [5, 5.41) is 17.2. The molecule has 0 saturated carbocycles. The first-order valence-corrected chi connectivity index (χ1v) is 16.6. The SMILES string of the molecule is CCOC(=O)C(=O)c1cccn1C(C(=O)OC(C)C)/C(=C(\[O-])OC(C)C)[P+](c1ccccc1)(c1ccccc1)c1ccccc1. The number of carbonyl (C=O) groups is 3. The highest BCUT2D eigenvalue weighted by Crippen LogP contribution is 2.66. The van der Waals surface area contributed by atoms with Gasteiger partial charge in [0.2, 0.25) is 0 Å². The molecule has 9 heteroatoms. The fourth-order valence-corrected chi connectivity index (χ4v) is 9.80. The molecular formula is C36H38NO7P. The van der Waals surface area contributed by atoms with Crippen molar-refractivity contribution in [2.75, 3.05) is 6.61 Å². The lowest BCUT2D eigenvalue weighted by Crippen LogP contribution is -2.40. The van der Waals surface area contributed by atoms with E-state index in [4.69, 9.17) is 14.2 Å². The number of nitrogens with zero attached hydrogens (tertiary/aromatic N) is 1. The highest BCUT2D eigenvalue weighted by atomic mass is 31.2. The summed E-state index contributed by atoms with van der Waals surface area (Å²) in [7, 11) is -3.26. The molecule has 4 rings (SSSR count). The van der Waals surface area contributed by atoms with Gasteiger partial charge in [-0.05, 0) is 75.4 Å². The second kappa shape index (κ2) is 14.9. The zero-order valence-corrected chi connectivity index (χ0v) is 27.0. The maximum Gasteiger partial charge on any atom is 0.381 e. The number of esters is 2. The van der Waals surface area contributed by atoms with Gasteiger partial charge in [-0.2, -0.15) is 0 Å².